The number of allylic oxidation sites excluding steroid dienone is 4. The van der Waals surface area contributed by atoms with Crippen molar-refractivity contribution < 1.29 is 40.1 Å². The predicted octanol–water partition coefficient (Wildman–Crippen LogP) is 4.10. The van der Waals surface area contributed by atoms with E-state index in [1.807, 2.05) is 0 Å². The van der Waals surface area contributed by atoms with Crippen LogP contribution in [-0.2, 0) is 9.47 Å². The number of aliphatic hydroxyl groups is 6. The second kappa shape index (κ2) is 12.0. The van der Waals surface area contributed by atoms with E-state index in [-0.39, 0.29) is 34.0 Å². The molecule has 0 spiro atoms. The lowest BCUT2D eigenvalue weighted by Gasteiger charge is -2.72. The molecule has 5 rings (SSSR count). The summed E-state index contributed by atoms with van der Waals surface area (Å²) in [7, 11) is 0. The Labute approximate surface area is 264 Å². The van der Waals surface area contributed by atoms with Gasteiger partial charge in [-0.1, -0.05) is 57.9 Å². The van der Waals surface area contributed by atoms with Crippen molar-refractivity contribution in [3.8, 4) is 0 Å². The zero-order valence-corrected chi connectivity index (χ0v) is 28.2. The van der Waals surface area contributed by atoms with Gasteiger partial charge < -0.3 is 40.1 Å². The number of fused-ring (bicyclic) bond motifs is 5. The van der Waals surface area contributed by atoms with Crippen molar-refractivity contribution in [3.05, 3.63) is 23.3 Å². The predicted molar refractivity (Wildman–Crippen MR) is 168 cm³/mol. The Kier molecular flexibility index (Phi) is 9.40. The van der Waals surface area contributed by atoms with Crippen LogP contribution in [0.15, 0.2) is 23.3 Å². The molecule has 4 saturated carbocycles. The number of aliphatic hydroxyl groups excluding tert-OH is 6. The van der Waals surface area contributed by atoms with E-state index in [9.17, 15) is 30.6 Å². The van der Waals surface area contributed by atoms with Crippen LogP contribution in [-0.4, -0.2) is 86.3 Å². The molecule has 0 aromatic heterocycles. The lowest BCUT2D eigenvalue weighted by molar-refractivity contribution is -0.346. The molecule has 0 radical (unpaired) electrons. The van der Waals surface area contributed by atoms with Gasteiger partial charge >= 0.3 is 0 Å². The van der Waals surface area contributed by atoms with Gasteiger partial charge in [0.05, 0.1) is 24.9 Å². The molecule has 1 saturated heterocycles. The van der Waals surface area contributed by atoms with E-state index < -0.39 is 61.0 Å². The summed E-state index contributed by atoms with van der Waals surface area (Å²) >= 11 is 0. The summed E-state index contributed by atoms with van der Waals surface area (Å²) in [5.74, 6) is 0.506. The fraction of sp³-hybridized carbons (Fsp3) is 0.889. The van der Waals surface area contributed by atoms with Crippen LogP contribution in [0.3, 0.4) is 0 Å². The van der Waals surface area contributed by atoms with Crippen LogP contribution in [0.2, 0.25) is 0 Å². The molecule has 5 fully saturated rings. The molecule has 252 valence electrons. The van der Waals surface area contributed by atoms with Gasteiger partial charge in [-0.05, 0) is 111 Å². The molecule has 0 bridgehead atoms. The lowest BCUT2D eigenvalue weighted by Crippen LogP contribution is -2.70. The van der Waals surface area contributed by atoms with Gasteiger partial charge in [-0.2, -0.15) is 0 Å². The Hall–Kier alpha value is -0.840. The minimum absolute atomic E-state index is 0.112. The van der Waals surface area contributed by atoms with Gasteiger partial charge in [-0.3, -0.25) is 0 Å². The number of ether oxygens (including phenoxy) is 2. The van der Waals surface area contributed by atoms with Crippen LogP contribution in [0, 0.1) is 45.3 Å². The highest BCUT2D eigenvalue weighted by molar-refractivity contribution is 5.24. The largest absolute Gasteiger partial charge is 0.394 e. The first-order valence-electron chi connectivity index (χ1n) is 17.1. The smallest absolute Gasteiger partial charge is 0.186 e. The molecule has 5 aliphatic rings. The average Bonchev–Trinajstić information content (AvgIpc) is 3.32. The molecule has 8 heteroatoms. The fourth-order valence-corrected chi connectivity index (χ4v) is 11.5. The van der Waals surface area contributed by atoms with Crippen molar-refractivity contribution in [2.24, 2.45) is 45.3 Å². The van der Waals surface area contributed by atoms with E-state index in [2.05, 4.69) is 67.5 Å². The molecule has 8 nitrogen and oxygen atoms in total. The first kappa shape index (κ1) is 34.5. The summed E-state index contributed by atoms with van der Waals surface area (Å²) in [6, 6.07) is 0. The Bertz CT molecular complexity index is 1110. The Balaban J connectivity index is 1.55. The van der Waals surface area contributed by atoms with Crippen molar-refractivity contribution in [3.63, 3.8) is 0 Å². The van der Waals surface area contributed by atoms with Crippen molar-refractivity contribution in [2.45, 2.75) is 149 Å². The topological polar surface area (TPSA) is 140 Å². The summed E-state index contributed by atoms with van der Waals surface area (Å²) in [6.45, 7) is 17.2. The van der Waals surface area contributed by atoms with E-state index in [1.54, 1.807) is 0 Å². The number of hydrogen-bond acceptors (Lipinski definition) is 8. The second-order valence-electron chi connectivity index (χ2n) is 16.8. The highest BCUT2D eigenvalue weighted by Gasteiger charge is 2.72. The zero-order chi connectivity index (χ0) is 32.6. The molecule has 44 heavy (non-hydrogen) atoms. The van der Waals surface area contributed by atoms with Crippen molar-refractivity contribution in [2.75, 3.05) is 6.61 Å². The molecular weight excluding hydrogens is 560 g/mol. The molecule has 1 heterocycles. The average molecular weight is 621 g/mol. The maximum absolute atomic E-state index is 12.0. The van der Waals surface area contributed by atoms with Gasteiger partial charge in [-0.15, -0.1) is 0 Å². The number of rotatable bonds is 6. The SMILES string of the molecule is CC(C)=CC/C=C(\C)[C@H]1CC[C@]2(C)[C@@H]1[C@H](O)C[C@@H]1[C@@]3(C)CC[C@H](O)C(C)(C)[C@@H]3[C@@H](O[C@@H]3O[C@@H](CO)[C@@H](O)[C@H](O)[C@@H]3O)C[C@]12C. The molecule has 4 aliphatic carbocycles. The third kappa shape index (κ3) is 5.18. The first-order chi connectivity index (χ1) is 20.4. The lowest BCUT2D eigenvalue weighted by atomic mass is 9.34. The molecular formula is C36H60O8. The second-order valence-corrected chi connectivity index (χ2v) is 16.8. The van der Waals surface area contributed by atoms with E-state index in [0.29, 0.717) is 25.2 Å². The summed E-state index contributed by atoms with van der Waals surface area (Å²) in [4.78, 5) is 0. The third-order valence-corrected chi connectivity index (χ3v) is 13.9. The molecule has 6 N–H and O–H groups in total. The van der Waals surface area contributed by atoms with Crippen LogP contribution >= 0.6 is 0 Å². The Morgan fingerprint density at radius 2 is 1.55 bits per heavy atom. The molecule has 1 aliphatic heterocycles. The molecule has 0 unspecified atom stereocenters. The van der Waals surface area contributed by atoms with E-state index in [0.717, 1.165) is 25.7 Å². The normalized spacial score (nSPS) is 52.1. The summed E-state index contributed by atoms with van der Waals surface area (Å²) < 4.78 is 12.6. The van der Waals surface area contributed by atoms with Crippen LogP contribution in [0.4, 0.5) is 0 Å². The standard InChI is InChI=1S/C36H60O8/c1-19(2)10-9-11-20(3)21-12-15-35(7)27(21)22(38)16-25-34(6)14-13-26(39)33(4,5)31(34)23(17-36(25,35)8)43-32-30(42)29(41)28(40)24(18-37)44-32/h10-11,21-32,37-42H,9,12-18H2,1-8H3/b20-11+/t21-,22-,23+,24+,25-,26+,27+,28-,29+,30+,31+,32-,34-,35-,36-/m1/s1. The zero-order valence-electron chi connectivity index (χ0n) is 28.2. The third-order valence-electron chi connectivity index (χ3n) is 13.9. The highest BCUT2D eigenvalue weighted by Crippen LogP contribution is 2.76. The van der Waals surface area contributed by atoms with Crippen molar-refractivity contribution >= 4 is 0 Å². The monoisotopic (exact) mass is 620 g/mol. The van der Waals surface area contributed by atoms with Crippen LogP contribution in [0.1, 0.15) is 100 Å². The van der Waals surface area contributed by atoms with Gasteiger partial charge in [0.2, 0.25) is 0 Å². The van der Waals surface area contributed by atoms with Crippen molar-refractivity contribution in [1.29, 1.82) is 0 Å². The molecule has 0 aromatic carbocycles. The maximum Gasteiger partial charge on any atom is 0.186 e. The van der Waals surface area contributed by atoms with Gasteiger partial charge in [0.15, 0.2) is 6.29 Å². The highest BCUT2D eigenvalue weighted by atomic mass is 16.7. The first-order valence-corrected chi connectivity index (χ1v) is 17.1. The van der Waals surface area contributed by atoms with Crippen molar-refractivity contribution in [1.82, 2.24) is 0 Å². The fourth-order valence-electron chi connectivity index (χ4n) is 11.5. The van der Waals surface area contributed by atoms with Crippen LogP contribution in [0.25, 0.3) is 0 Å². The quantitative estimate of drug-likeness (QED) is 0.193. The van der Waals surface area contributed by atoms with Crippen LogP contribution in [0.5, 0.6) is 0 Å². The Morgan fingerprint density at radius 3 is 2.18 bits per heavy atom. The molecule has 15 atom stereocenters. The molecule has 0 amide bonds. The van der Waals surface area contributed by atoms with Gasteiger partial charge in [0.25, 0.3) is 0 Å². The summed E-state index contributed by atoms with van der Waals surface area (Å²) in [5.41, 5.74) is 1.49. The Morgan fingerprint density at radius 1 is 0.864 bits per heavy atom. The van der Waals surface area contributed by atoms with Gasteiger partial charge in [0, 0.05) is 0 Å². The minimum atomic E-state index is -1.52. The van der Waals surface area contributed by atoms with E-state index in [4.69, 9.17) is 9.47 Å². The van der Waals surface area contributed by atoms with Gasteiger partial charge in [-0.25, -0.2) is 0 Å². The van der Waals surface area contributed by atoms with Gasteiger partial charge in [0.1, 0.15) is 24.4 Å². The maximum atomic E-state index is 12.0. The number of hydrogen-bond donors (Lipinski definition) is 6. The van der Waals surface area contributed by atoms with Crippen LogP contribution < -0.4 is 0 Å². The summed E-state index contributed by atoms with van der Waals surface area (Å²) in [5, 5.41) is 65.2. The summed E-state index contributed by atoms with van der Waals surface area (Å²) in [6.07, 6.45) is 2.23. The van der Waals surface area contributed by atoms with E-state index in [1.165, 1.54) is 11.1 Å². The van der Waals surface area contributed by atoms with E-state index >= 15 is 0 Å². The minimum Gasteiger partial charge on any atom is -0.394 e. The molecule has 0 aromatic rings.